The zero-order valence-electron chi connectivity index (χ0n) is 8.20. The molecule has 86 valence electrons. The van der Waals surface area contributed by atoms with Crippen molar-refractivity contribution in [2.24, 2.45) is 0 Å². The van der Waals surface area contributed by atoms with E-state index in [1.54, 1.807) is 6.92 Å². The Morgan fingerprint density at radius 2 is 2.12 bits per heavy atom. The Labute approximate surface area is 101 Å². The van der Waals surface area contributed by atoms with E-state index in [2.05, 4.69) is 0 Å². The van der Waals surface area contributed by atoms with Crippen molar-refractivity contribution in [1.82, 2.24) is 0 Å². The molecule has 16 heavy (non-hydrogen) atoms. The summed E-state index contributed by atoms with van der Waals surface area (Å²) in [5, 5.41) is 10.2. The van der Waals surface area contributed by atoms with Crippen LogP contribution in [0.25, 0.3) is 0 Å². The molecule has 0 bridgehead atoms. The number of halogens is 2. The Morgan fingerprint density at radius 1 is 1.50 bits per heavy atom. The zero-order valence-corrected chi connectivity index (χ0v) is 9.71. The fourth-order valence-corrected chi connectivity index (χ4v) is 1.66. The third-order valence-electron chi connectivity index (χ3n) is 1.74. The molecule has 0 fully saturated rings. The van der Waals surface area contributed by atoms with Gasteiger partial charge < -0.3 is 4.74 Å². The maximum absolute atomic E-state index is 11.4. The highest BCUT2D eigenvalue weighted by molar-refractivity contribution is 6.40. The summed E-state index contributed by atoms with van der Waals surface area (Å²) in [7, 11) is 0. The van der Waals surface area contributed by atoms with Crippen LogP contribution in [0.1, 0.15) is 17.3 Å². The topological polar surface area (TPSA) is 69.4 Å². The molecular weight excluding hydrogens is 257 g/mol. The number of nitrogens with zero attached hydrogens (tertiary/aromatic N) is 1. The lowest BCUT2D eigenvalue weighted by Crippen LogP contribution is -2.06. The van der Waals surface area contributed by atoms with Crippen molar-refractivity contribution < 1.29 is 14.5 Å². The number of carbonyl (C=O) groups is 1. The van der Waals surface area contributed by atoms with Crippen LogP contribution < -0.4 is 0 Å². The highest BCUT2D eigenvalue weighted by Gasteiger charge is 2.24. The van der Waals surface area contributed by atoms with Crippen molar-refractivity contribution in [3.8, 4) is 0 Å². The lowest BCUT2D eigenvalue weighted by Gasteiger charge is -2.05. The first-order chi connectivity index (χ1) is 7.49. The SMILES string of the molecule is CCOC(=O)c1ccc(Cl)c([N+](=O)[O-])c1Cl. The maximum Gasteiger partial charge on any atom is 0.339 e. The highest BCUT2D eigenvalue weighted by atomic mass is 35.5. The molecule has 0 aliphatic carbocycles. The number of ether oxygens (including phenoxy) is 1. The number of rotatable bonds is 3. The van der Waals surface area contributed by atoms with Crippen LogP contribution in [-0.2, 0) is 4.74 Å². The predicted molar refractivity (Wildman–Crippen MR) is 59.1 cm³/mol. The second-order valence-electron chi connectivity index (χ2n) is 2.74. The van der Waals surface area contributed by atoms with Gasteiger partial charge >= 0.3 is 11.7 Å². The molecule has 0 unspecified atom stereocenters. The zero-order chi connectivity index (χ0) is 12.3. The summed E-state index contributed by atoms with van der Waals surface area (Å²) in [6.07, 6.45) is 0. The van der Waals surface area contributed by atoms with E-state index in [0.29, 0.717) is 0 Å². The van der Waals surface area contributed by atoms with Gasteiger partial charge in [0.1, 0.15) is 10.0 Å². The molecule has 5 nitrogen and oxygen atoms in total. The van der Waals surface area contributed by atoms with Crippen LogP contribution in [0.15, 0.2) is 12.1 Å². The highest BCUT2D eigenvalue weighted by Crippen LogP contribution is 2.35. The number of hydrogen-bond acceptors (Lipinski definition) is 4. The molecule has 1 aromatic rings. The van der Waals surface area contributed by atoms with E-state index in [0.717, 1.165) is 0 Å². The molecule has 0 amide bonds. The fraction of sp³-hybridized carbons (Fsp3) is 0.222. The summed E-state index contributed by atoms with van der Waals surface area (Å²) in [5.41, 5.74) is -0.562. The average Bonchev–Trinajstić information content (AvgIpc) is 2.17. The molecule has 0 saturated carbocycles. The van der Waals surface area contributed by atoms with E-state index in [1.165, 1.54) is 12.1 Å². The summed E-state index contributed by atoms with van der Waals surface area (Å²) in [6, 6.07) is 2.52. The summed E-state index contributed by atoms with van der Waals surface area (Å²) < 4.78 is 4.69. The lowest BCUT2D eigenvalue weighted by molar-refractivity contribution is -0.384. The molecule has 0 aromatic heterocycles. The number of carbonyl (C=O) groups excluding carboxylic acids is 1. The van der Waals surface area contributed by atoms with Gasteiger partial charge in [0.25, 0.3) is 0 Å². The van der Waals surface area contributed by atoms with Gasteiger partial charge in [0.15, 0.2) is 0 Å². The van der Waals surface area contributed by atoms with E-state index in [4.69, 9.17) is 27.9 Å². The quantitative estimate of drug-likeness (QED) is 0.478. The Kier molecular flexibility index (Phi) is 4.09. The van der Waals surface area contributed by atoms with Crippen molar-refractivity contribution in [3.05, 3.63) is 37.9 Å². The Balaban J connectivity index is 3.29. The third-order valence-corrected chi connectivity index (χ3v) is 2.43. The van der Waals surface area contributed by atoms with Gasteiger partial charge in [0.2, 0.25) is 0 Å². The van der Waals surface area contributed by atoms with Crippen molar-refractivity contribution in [2.75, 3.05) is 6.61 Å². The minimum atomic E-state index is -0.743. The smallest absolute Gasteiger partial charge is 0.339 e. The van der Waals surface area contributed by atoms with Gasteiger partial charge in [0, 0.05) is 0 Å². The van der Waals surface area contributed by atoms with Crippen LogP contribution in [0.4, 0.5) is 5.69 Å². The number of nitro groups is 1. The number of esters is 1. The molecule has 0 N–H and O–H groups in total. The van der Waals surface area contributed by atoms with E-state index in [1.807, 2.05) is 0 Å². The summed E-state index contributed by atoms with van der Waals surface area (Å²) in [4.78, 5) is 21.3. The van der Waals surface area contributed by atoms with Gasteiger partial charge in [-0.15, -0.1) is 0 Å². The number of benzene rings is 1. The lowest BCUT2D eigenvalue weighted by atomic mass is 10.2. The first-order valence-corrected chi connectivity index (χ1v) is 5.04. The van der Waals surface area contributed by atoms with Gasteiger partial charge in [-0.2, -0.15) is 0 Å². The first kappa shape index (κ1) is 12.7. The maximum atomic E-state index is 11.4. The summed E-state index contributed by atoms with van der Waals surface area (Å²) in [6.45, 7) is 1.78. The molecule has 0 atom stereocenters. The van der Waals surface area contributed by atoms with Crippen molar-refractivity contribution in [1.29, 1.82) is 0 Å². The van der Waals surface area contributed by atoms with Gasteiger partial charge in [-0.25, -0.2) is 4.79 Å². The van der Waals surface area contributed by atoms with Crippen LogP contribution in [0.5, 0.6) is 0 Å². The van der Waals surface area contributed by atoms with Gasteiger partial charge in [0.05, 0.1) is 17.1 Å². The standard InChI is InChI=1S/C9H7Cl2NO4/c1-2-16-9(13)5-3-4-6(10)8(7(5)11)12(14)15/h3-4H,2H2,1H3. The first-order valence-electron chi connectivity index (χ1n) is 4.28. The normalized spacial score (nSPS) is 9.94. The Bertz CT molecular complexity index is 447. The molecule has 0 saturated heterocycles. The van der Waals surface area contributed by atoms with Gasteiger partial charge in [-0.3, -0.25) is 10.1 Å². The Morgan fingerprint density at radius 3 is 2.62 bits per heavy atom. The third kappa shape index (κ3) is 2.43. The van der Waals surface area contributed by atoms with Crippen LogP contribution in [0.3, 0.4) is 0 Å². The van der Waals surface area contributed by atoms with Crippen LogP contribution in [0.2, 0.25) is 10.0 Å². The van der Waals surface area contributed by atoms with Crippen molar-refractivity contribution in [2.45, 2.75) is 6.92 Å². The molecule has 0 heterocycles. The molecule has 0 radical (unpaired) electrons. The van der Waals surface area contributed by atoms with E-state index in [-0.39, 0.29) is 22.2 Å². The van der Waals surface area contributed by atoms with Gasteiger partial charge in [-0.05, 0) is 19.1 Å². The molecule has 0 spiro atoms. The number of hydrogen-bond donors (Lipinski definition) is 0. The van der Waals surface area contributed by atoms with Crippen molar-refractivity contribution in [3.63, 3.8) is 0 Å². The fourth-order valence-electron chi connectivity index (χ4n) is 1.07. The monoisotopic (exact) mass is 263 g/mol. The summed E-state index contributed by atoms with van der Waals surface area (Å²) >= 11 is 11.3. The Hall–Kier alpha value is -1.33. The van der Waals surface area contributed by atoms with E-state index >= 15 is 0 Å². The van der Waals surface area contributed by atoms with Crippen LogP contribution in [0, 0.1) is 10.1 Å². The second kappa shape index (κ2) is 5.14. The van der Waals surface area contributed by atoms with Crippen LogP contribution >= 0.6 is 23.2 Å². The van der Waals surface area contributed by atoms with E-state index < -0.39 is 16.6 Å². The minimum Gasteiger partial charge on any atom is -0.462 e. The van der Waals surface area contributed by atoms with Crippen molar-refractivity contribution >= 4 is 34.9 Å². The molecule has 0 aliphatic rings. The largest absolute Gasteiger partial charge is 0.462 e. The average molecular weight is 264 g/mol. The molecule has 1 aromatic carbocycles. The van der Waals surface area contributed by atoms with Crippen LogP contribution in [-0.4, -0.2) is 17.5 Å². The number of nitro benzene ring substituents is 1. The van der Waals surface area contributed by atoms with E-state index in [9.17, 15) is 14.9 Å². The van der Waals surface area contributed by atoms with Gasteiger partial charge in [-0.1, -0.05) is 23.2 Å². The molecule has 1 rings (SSSR count). The summed E-state index contributed by atoms with van der Waals surface area (Å²) in [5.74, 6) is -0.715. The molecule has 0 aliphatic heterocycles. The molecule has 7 heteroatoms. The molecular formula is C9H7Cl2NO4. The minimum absolute atomic E-state index is 0.0698. The predicted octanol–water partition coefficient (Wildman–Crippen LogP) is 3.08. The second-order valence-corrected chi connectivity index (χ2v) is 3.52.